The van der Waals surface area contributed by atoms with Crippen LogP contribution >= 0.6 is 12.4 Å². The zero-order chi connectivity index (χ0) is 19.7. The molecule has 29 heavy (non-hydrogen) atoms. The Kier molecular flexibility index (Phi) is 6.17. The first-order valence-electron chi connectivity index (χ1n) is 9.04. The molecule has 8 heteroatoms. The third-order valence-corrected chi connectivity index (χ3v) is 5.14. The van der Waals surface area contributed by atoms with Crippen LogP contribution in [0.15, 0.2) is 30.6 Å². The van der Waals surface area contributed by atoms with E-state index in [9.17, 15) is 0 Å². The Bertz CT molecular complexity index is 1030. The van der Waals surface area contributed by atoms with Gasteiger partial charge in [0.15, 0.2) is 23.0 Å². The molecule has 0 saturated carbocycles. The number of ether oxygens (including phenoxy) is 4. The standard InChI is InChI=1S/C21H23N3O4.ClH/c1-25-17-7-13-5-6-24(11-14(13)8-18(17)26-2)21-15-9-19(27-3)20(28-4)10-16(15)22-12-23-21;/h7-10,12H,5-6,11H2,1-4H3;1H. The Morgan fingerprint density at radius 1 is 0.759 bits per heavy atom. The van der Waals surface area contributed by atoms with E-state index < -0.39 is 0 Å². The van der Waals surface area contributed by atoms with Crippen LogP contribution in [0.25, 0.3) is 10.9 Å². The highest BCUT2D eigenvalue weighted by atomic mass is 35.5. The van der Waals surface area contributed by atoms with E-state index in [4.69, 9.17) is 18.9 Å². The van der Waals surface area contributed by atoms with Gasteiger partial charge in [0, 0.05) is 24.5 Å². The zero-order valence-electron chi connectivity index (χ0n) is 16.9. The molecular formula is C21H24ClN3O4. The van der Waals surface area contributed by atoms with Crippen molar-refractivity contribution in [1.82, 2.24) is 9.97 Å². The van der Waals surface area contributed by atoms with Gasteiger partial charge in [-0.25, -0.2) is 9.97 Å². The smallest absolute Gasteiger partial charge is 0.162 e. The summed E-state index contributed by atoms with van der Waals surface area (Å²) >= 11 is 0. The number of rotatable bonds is 5. The summed E-state index contributed by atoms with van der Waals surface area (Å²) < 4.78 is 21.8. The maximum absolute atomic E-state index is 5.47. The fourth-order valence-electron chi connectivity index (χ4n) is 3.69. The fraction of sp³-hybridized carbons (Fsp3) is 0.333. The predicted octanol–water partition coefficient (Wildman–Crippen LogP) is 3.65. The van der Waals surface area contributed by atoms with Crippen LogP contribution in [0.1, 0.15) is 11.1 Å². The third-order valence-electron chi connectivity index (χ3n) is 5.14. The van der Waals surface area contributed by atoms with Gasteiger partial charge in [-0.3, -0.25) is 0 Å². The first-order valence-corrected chi connectivity index (χ1v) is 9.04. The van der Waals surface area contributed by atoms with Gasteiger partial charge in [-0.1, -0.05) is 0 Å². The highest BCUT2D eigenvalue weighted by Crippen LogP contribution is 2.38. The first-order chi connectivity index (χ1) is 13.7. The van der Waals surface area contributed by atoms with Gasteiger partial charge in [-0.2, -0.15) is 0 Å². The van der Waals surface area contributed by atoms with Gasteiger partial charge in [0.25, 0.3) is 0 Å². The Balaban J connectivity index is 0.00000240. The van der Waals surface area contributed by atoms with Gasteiger partial charge < -0.3 is 23.8 Å². The average Bonchev–Trinajstić information content (AvgIpc) is 2.76. The molecule has 0 saturated heterocycles. The summed E-state index contributed by atoms with van der Waals surface area (Å²) in [4.78, 5) is 11.2. The van der Waals surface area contributed by atoms with Crippen LogP contribution < -0.4 is 23.8 Å². The lowest BCUT2D eigenvalue weighted by molar-refractivity contribution is 0.353. The van der Waals surface area contributed by atoms with Crippen molar-refractivity contribution in [2.75, 3.05) is 39.9 Å². The van der Waals surface area contributed by atoms with Crippen LogP contribution in [0.3, 0.4) is 0 Å². The highest BCUT2D eigenvalue weighted by Gasteiger charge is 2.22. The lowest BCUT2D eigenvalue weighted by Gasteiger charge is -2.31. The Morgan fingerprint density at radius 3 is 2.00 bits per heavy atom. The van der Waals surface area contributed by atoms with E-state index in [1.54, 1.807) is 34.8 Å². The summed E-state index contributed by atoms with van der Waals surface area (Å²) in [6, 6.07) is 7.93. The first kappa shape index (κ1) is 20.8. The number of methoxy groups -OCH3 is 4. The molecule has 2 heterocycles. The Hall–Kier alpha value is -2.93. The number of halogens is 1. The molecule has 0 amide bonds. The van der Waals surface area contributed by atoms with E-state index in [1.165, 1.54) is 11.1 Å². The minimum absolute atomic E-state index is 0. The molecular weight excluding hydrogens is 394 g/mol. The summed E-state index contributed by atoms with van der Waals surface area (Å²) in [5.74, 6) is 3.70. The van der Waals surface area contributed by atoms with Crippen molar-refractivity contribution in [2.45, 2.75) is 13.0 Å². The SMILES string of the molecule is COc1cc2c(cc1OC)CN(c1ncnc3cc(OC)c(OC)cc13)CC2.Cl. The van der Waals surface area contributed by atoms with Crippen molar-refractivity contribution in [3.05, 3.63) is 41.7 Å². The average molecular weight is 418 g/mol. The summed E-state index contributed by atoms with van der Waals surface area (Å²) in [6.07, 6.45) is 2.49. The molecule has 1 aromatic heterocycles. The molecule has 0 radical (unpaired) electrons. The van der Waals surface area contributed by atoms with Crippen LogP contribution in [-0.4, -0.2) is 45.0 Å². The number of anilines is 1. The monoisotopic (exact) mass is 417 g/mol. The van der Waals surface area contributed by atoms with Gasteiger partial charge in [0.05, 0.1) is 34.0 Å². The normalized spacial score (nSPS) is 12.8. The molecule has 2 aromatic carbocycles. The zero-order valence-corrected chi connectivity index (χ0v) is 17.7. The topological polar surface area (TPSA) is 65.9 Å². The minimum atomic E-state index is 0. The molecule has 0 bridgehead atoms. The van der Waals surface area contributed by atoms with E-state index >= 15 is 0 Å². The van der Waals surface area contributed by atoms with Crippen molar-refractivity contribution < 1.29 is 18.9 Å². The van der Waals surface area contributed by atoms with Crippen molar-refractivity contribution in [3.63, 3.8) is 0 Å². The van der Waals surface area contributed by atoms with Crippen LogP contribution in [0.5, 0.6) is 23.0 Å². The molecule has 154 valence electrons. The van der Waals surface area contributed by atoms with E-state index in [1.807, 2.05) is 18.2 Å². The highest BCUT2D eigenvalue weighted by molar-refractivity contribution is 5.92. The van der Waals surface area contributed by atoms with Gasteiger partial charge in [0.2, 0.25) is 0 Å². The molecule has 3 aromatic rings. The second-order valence-electron chi connectivity index (χ2n) is 6.57. The fourth-order valence-corrected chi connectivity index (χ4v) is 3.69. The third kappa shape index (κ3) is 3.70. The molecule has 1 aliphatic heterocycles. The largest absolute Gasteiger partial charge is 0.493 e. The van der Waals surface area contributed by atoms with E-state index in [2.05, 4.69) is 20.9 Å². The van der Waals surface area contributed by atoms with E-state index in [0.29, 0.717) is 11.5 Å². The number of hydrogen-bond acceptors (Lipinski definition) is 7. The predicted molar refractivity (Wildman–Crippen MR) is 114 cm³/mol. The van der Waals surface area contributed by atoms with Crippen molar-refractivity contribution in [2.24, 2.45) is 0 Å². The molecule has 4 rings (SSSR count). The van der Waals surface area contributed by atoms with Crippen molar-refractivity contribution >= 4 is 29.1 Å². The molecule has 0 aliphatic carbocycles. The molecule has 0 fully saturated rings. The van der Waals surface area contributed by atoms with Crippen LogP contribution in [0.2, 0.25) is 0 Å². The summed E-state index contributed by atoms with van der Waals surface area (Å²) in [5.41, 5.74) is 3.29. The van der Waals surface area contributed by atoms with Gasteiger partial charge in [-0.05, 0) is 35.7 Å². The van der Waals surface area contributed by atoms with Crippen molar-refractivity contribution in [1.29, 1.82) is 0 Å². The molecule has 0 atom stereocenters. The summed E-state index contributed by atoms with van der Waals surface area (Å²) in [5, 5.41) is 0.934. The van der Waals surface area contributed by atoms with Crippen molar-refractivity contribution in [3.8, 4) is 23.0 Å². The second-order valence-corrected chi connectivity index (χ2v) is 6.57. The second kappa shape index (κ2) is 8.61. The summed E-state index contributed by atoms with van der Waals surface area (Å²) in [6.45, 7) is 1.58. The number of benzene rings is 2. The lowest BCUT2D eigenvalue weighted by Crippen LogP contribution is -2.31. The lowest BCUT2D eigenvalue weighted by atomic mass is 9.98. The molecule has 0 spiro atoms. The summed E-state index contributed by atoms with van der Waals surface area (Å²) in [7, 11) is 6.56. The molecule has 0 unspecified atom stereocenters. The Morgan fingerprint density at radius 2 is 1.34 bits per heavy atom. The molecule has 7 nitrogen and oxygen atoms in total. The van der Waals surface area contributed by atoms with Gasteiger partial charge in [0.1, 0.15) is 12.1 Å². The van der Waals surface area contributed by atoms with Crippen LogP contribution in [0.4, 0.5) is 5.82 Å². The quantitative estimate of drug-likeness (QED) is 0.627. The van der Waals surface area contributed by atoms with Crippen LogP contribution in [0, 0.1) is 0 Å². The number of hydrogen-bond donors (Lipinski definition) is 0. The number of aromatic nitrogens is 2. The molecule has 0 N–H and O–H groups in total. The van der Waals surface area contributed by atoms with E-state index in [0.717, 1.165) is 47.7 Å². The maximum atomic E-state index is 5.47. The Labute approximate surface area is 176 Å². The van der Waals surface area contributed by atoms with Crippen LogP contribution in [-0.2, 0) is 13.0 Å². The van der Waals surface area contributed by atoms with Gasteiger partial charge >= 0.3 is 0 Å². The number of nitrogens with zero attached hydrogens (tertiary/aromatic N) is 3. The van der Waals surface area contributed by atoms with E-state index in [-0.39, 0.29) is 12.4 Å². The number of fused-ring (bicyclic) bond motifs is 2. The minimum Gasteiger partial charge on any atom is -0.493 e. The van der Waals surface area contributed by atoms with Gasteiger partial charge in [-0.15, -0.1) is 12.4 Å². The maximum Gasteiger partial charge on any atom is 0.162 e. The molecule has 1 aliphatic rings.